The highest BCUT2D eigenvalue weighted by molar-refractivity contribution is 6.11. The van der Waals surface area contributed by atoms with E-state index in [1.165, 1.54) is 49.6 Å². The molecule has 0 radical (unpaired) electrons. The Morgan fingerprint density at radius 1 is 0.414 bits per heavy atom. The van der Waals surface area contributed by atoms with Crippen LogP contribution in [0.4, 0.5) is 0 Å². The summed E-state index contributed by atoms with van der Waals surface area (Å²) < 4.78 is 2.42. The van der Waals surface area contributed by atoms with Crippen molar-refractivity contribution < 1.29 is 0 Å². The van der Waals surface area contributed by atoms with Gasteiger partial charge in [-0.3, -0.25) is 0 Å². The monoisotopic (exact) mass is 369 g/mol. The second kappa shape index (κ2) is 6.35. The topological polar surface area (TPSA) is 4.41 Å². The molecule has 0 spiro atoms. The van der Waals surface area contributed by atoms with Gasteiger partial charge in [-0.25, -0.2) is 0 Å². The zero-order chi connectivity index (χ0) is 19.2. The number of fused-ring (bicyclic) bond motifs is 5. The van der Waals surface area contributed by atoms with Gasteiger partial charge in [0.15, 0.2) is 0 Å². The Kier molecular flexibility index (Phi) is 3.54. The van der Waals surface area contributed by atoms with Gasteiger partial charge in [0.2, 0.25) is 0 Å². The van der Waals surface area contributed by atoms with Gasteiger partial charge in [0.05, 0.1) is 16.6 Å². The molecule has 29 heavy (non-hydrogen) atoms. The van der Waals surface area contributed by atoms with Crippen LogP contribution in [0.2, 0.25) is 0 Å². The van der Waals surface area contributed by atoms with Crippen LogP contribution in [0.25, 0.3) is 49.6 Å². The van der Waals surface area contributed by atoms with E-state index in [0.717, 1.165) is 0 Å². The smallest absolute Gasteiger partial charge is 0.0553 e. The van der Waals surface area contributed by atoms with Gasteiger partial charge in [0.1, 0.15) is 0 Å². The van der Waals surface area contributed by atoms with E-state index in [1.54, 1.807) is 0 Å². The average molecular weight is 369 g/mol. The van der Waals surface area contributed by atoms with Gasteiger partial charge in [0.25, 0.3) is 0 Å². The SMILES string of the molecule is c1ccc(-c2c(-c3ccccc3)c3cc4ccccc4n3c3ccccc23)cc1. The van der Waals surface area contributed by atoms with Crippen molar-refractivity contribution in [2.24, 2.45) is 0 Å². The molecule has 0 aliphatic heterocycles. The van der Waals surface area contributed by atoms with Crippen LogP contribution in [0.15, 0.2) is 115 Å². The summed E-state index contributed by atoms with van der Waals surface area (Å²) in [5.41, 5.74) is 8.79. The van der Waals surface area contributed by atoms with E-state index in [4.69, 9.17) is 0 Å². The van der Waals surface area contributed by atoms with Crippen molar-refractivity contribution in [1.29, 1.82) is 0 Å². The molecule has 2 aromatic heterocycles. The number of pyridine rings is 1. The molecule has 6 rings (SSSR count). The molecule has 0 aliphatic rings. The minimum absolute atomic E-state index is 1.24. The summed E-state index contributed by atoms with van der Waals surface area (Å²) in [6, 6.07) is 41.3. The molecule has 0 fully saturated rings. The van der Waals surface area contributed by atoms with Gasteiger partial charge in [-0.1, -0.05) is 97.1 Å². The van der Waals surface area contributed by atoms with Gasteiger partial charge >= 0.3 is 0 Å². The van der Waals surface area contributed by atoms with Crippen LogP contribution in [0.1, 0.15) is 0 Å². The predicted molar refractivity (Wildman–Crippen MR) is 123 cm³/mol. The van der Waals surface area contributed by atoms with E-state index >= 15 is 0 Å². The molecule has 1 nitrogen and oxygen atoms in total. The second-order valence-corrected chi connectivity index (χ2v) is 7.42. The number of para-hydroxylation sites is 2. The number of nitrogens with zero attached hydrogens (tertiary/aromatic N) is 1. The first-order chi connectivity index (χ1) is 14.4. The van der Waals surface area contributed by atoms with Gasteiger partial charge in [0, 0.05) is 21.9 Å². The molecule has 4 aromatic carbocycles. The fourth-order valence-corrected chi connectivity index (χ4v) is 4.54. The van der Waals surface area contributed by atoms with Crippen molar-refractivity contribution in [3.8, 4) is 22.3 Å². The Morgan fingerprint density at radius 2 is 0.966 bits per heavy atom. The van der Waals surface area contributed by atoms with Crippen molar-refractivity contribution in [2.75, 3.05) is 0 Å². The number of aromatic nitrogens is 1. The molecule has 136 valence electrons. The Hall–Kier alpha value is -3.84. The zero-order valence-corrected chi connectivity index (χ0v) is 15.9. The third-order valence-corrected chi connectivity index (χ3v) is 5.76. The lowest BCUT2D eigenvalue weighted by Gasteiger charge is -2.18. The fraction of sp³-hybridized carbons (Fsp3) is 0. The first kappa shape index (κ1) is 16.1. The van der Waals surface area contributed by atoms with Crippen LogP contribution in [0.3, 0.4) is 0 Å². The first-order valence-electron chi connectivity index (χ1n) is 9.97. The van der Waals surface area contributed by atoms with E-state index in [1.807, 2.05) is 0 Å². The summed E-state index contributed by atoms with van der Waals surface area (Å²) >= 11 is 0. The molecule has 0 saturated heterocycles. The third-order valence-electron chi connectivity index (χ3n) is 5.76. The number of hydrogen-bond donors (Lipinski definition) is 0. The molecule has 0 aliphatic carbocycles. The van der Waals surface area contributed by atoms with Crippen LogP contribution in [0.5, 0.6) is 0 Å². The maximum Gasteiger partial charge on any atom is 0.0553 e. The van der Waals surface area contributed by atoms with E-state index < -0.39 is 0 Å². The fourth-order valence-electron chi connectivity index (χ4n) is 4.54. The lowest BCUT2D eigenvalue weighted by molar-refractivity contribution is 1.33. The lowest BCUT2D eigenvalue weighted by Crippen LogP contribution is -1.96. The minimum Gasteiger partial charge on any atom is -0.309 e. The highest BCUT2D eigenvalue weighted by Crippen LogP contribution is 2.43. The van der Waals surface area contributed by atoms with Gasteiger partial charge in [-0.05, 0) is 29.3 Å². The molecule has 1 heteroatoms. The maximum absolute atomic E-state index is 2.42. The van der Waals surface area contributed by atoms with Gasteiger partial charge in [-0.15, -0.1) is 0 Å². The predicted octanol–water partition coefficient (Wildman–Crippen LogP) is 7.58. The molecule has 0 bridgehead atoms. The summed E-state index contributed by atoms with van der Waals surface area (Å²) in [5.74, 6) is 0. The minimum atomic E-state index is 1.24. The van der Waals surface area contributed by atoms with Gasteiger partial charge < -0.3 is 4.40 Å². The van der Waals surface area contributed by atoms with Crippen molar-refractivity contribution in [3.63, 3.8) is 0 Å². The molecule has 6 aromatic rings. The van der Waals surface area contributed by atoms with Crippen molar-refractivity contribution in [2.45, 2.75) is 0 Å². The van der Waals surface area contributed by atoms with Crippen LogP contribution in [-0.4, -0.2) is 4.40 Å². The van der Waals surface area contributed by atoms with E-state index in [2.05, 4.69) is 120 Å². The zero-order valence-electron chi connectivity index (χ0n) is 15.9. The number of hydrogen-bond acceptors (Lipinski definition) is 0. The largest absolute Gasteiger partial charge is 0.309 e. The standard InChI is InChI=1S/C28H19N/c1-3-11-20(12-4-1)27-23-16-8-10-18-25(23)29-24-17-9-7-15-22(24)19-26(29)28(27)21-13-5-2-6-14-21/h1-19H. The Bertz CT molecular complexity index is 1480. The quantitative estimate of drug-likeness (QED) is 0.296. The van der Waals surface area contributed by atoms with E-state index in [9.17, 15) is 0 Å². The molecule has 0 saturated carbocycles. The molecular formula is C28H19N. The first-order valence-corrected chi connectivity index (χ1v) is 9.97. The number of benzene rings is 4. The van der Waals surface area contributed by atoms with Crippen molar-refractivity contribution >= 4 is 27.3 Å². The molecule has 0 amide bonds. The van der Waals surface area contributed by atoms with E-state index in [0.29, 0.717) is 0 Å². The Morgan fingerprint density at radius 3 is 1.69 bits per heavy atom. The summed E-state index contributed by atoms with van der Waals surface area (Å²) in [5, 5.41) is 2.53. The molecule has 0 unspecified atom stereocenters. The second-order valence-electron chi connectivity index (χ2n) is 7.42. The van der Waals surface area contributed by atoms with Crippen LogP contribution >= 0.6 is 0 Å². The molecule has 0 N–H and O–H groups in total. The van der Waals surface area contributed by atoms with Crippen molar-refractivity contribution in [1.82, 2.24) is 4.40 Å². The number of rotatable bonds is 2. The van der Waals surface area contributed by atoms with Crippen molar-refractivity contribution in [3.05, 3.63) is 115 Å². The molecular weight excluding hydrogens is 350 g/mol. The maximum atomic E-state index is 2.42. The summed E-state index contributed by atoms with van der Waals surface area (Å²) in [6.07, 6.45) is 0. The van der Waals surface area contributed by atoms with Crippen LogP contribution in [-0.2, 0) is 0 Å². The highest BCUT2D eigenvalue weighted by atomic mass is 14.9. The summed E-state index contributed by atoms with van der Waals surface area (Å²) in [7, 11) is 0. The highest BCUT2D eigenvalue weighted by Gasteiger charge is 2.19. The Balaban J connectivity index is 1.93. The molecule has 2 heterocycles. The lowest BCUT2D eigenvalue weighted by atomic mass is 9.91. The Labute approximate surface area is 169 Å². The molecule has 0 atom stereocenters. The summed E-state index contributed by atoms with van der Waals surface area (Å²) in [4.78, 5) is 0. The van der Waals surface area contributed by atoms with Gasteiger partial charge in [-0.2, -0.15) is 0 Å². The summed E-state index contributed by atoms with van der Waals surface area (Å²) in [6.45, 7) is 0. The van der Waals surface area contributed by atoms with Crippen LogP contribution in [0, 0.1) is 0 Å². The van der Waals surface area contributed by atoms with E-state index in [-0.39, 0.29) is 0 Å². The normalized spacial score (nSPS) is 11.4. The van der Waals surface area contributed by atoms with Crippen LogP contribution < -0.4 is 0 Å². The average Bonchev–Trinajstić information content (AvgIpc) is 3.19. The third kappa shape index (κ3) is 2.41.